The molecule has 2 heteroatoms. The van der Waals surface area contributed by atoms with E-state index >= 15 is 0 Å². The second-order valence-electron chi connectivity index (χ2n) is 7.90. The van der Waals surface area contributed by atoms with Crippen LogP contribution in [0.15, 0.2) is 0 Å². The molecule has 0 amide bonds. The molecule has 1 saturated carbocycles. The molecular formula is C22H44O2. The van der Waals surface area contributed by atoms with Crippen LogP contribution in [-0.2, 0) is 9.47 Å². The van der Waals surface area contributed by atoms with Crippen LogP contribution in [0.3, 0.4) is 0 Å². The third kappa shape index (κ3) is 9.42. The zero-order valence-corrected chi connectivity index (χ0v) is 17.0. The summed E-state index contributed by atoms with van der Waals surface area (Å²) in [5.41, 5.74) is 0. The predicted octanol–water partition coefficient (Wildman–Crippen LogP) is 6.76. The molecule has 2 unspecified atom stereocenters. The number of rotatable bonds is 14. The van der Waals surface area contributed by atoms with Crippen LogP contribution in [0.4, 0.5) is 0 Å². The van der Waals surface area contributed by atoms with Crippen molar-refractivity contribution in [2.75, 3.05) is 13.2 Å². The van der Waals surface area contributed by atoms with Crippen molar-refractivity contribution in [2.45, 2.75) is 117 Å². The molecule has 2 nitrogen and oxygen atoms in total. The highest BCUT2D eigenvalue weighted by Gasteiger charge is 2.23. The number of hydrogen-bond donors (Lipinski definition) is 0. The van der Waals surface area contributed by atoms with E-state index < -0.39 is 0 Å². The average Bonchev–Trinajstić information content (AvgIpc) is 2.63. The van der Waals surface area contributed by atoms with Crippen molar-refractivity contribution in [3.05, 3.63) is 0 Å². The maximum Gasteiger partial charge on any atom is 0.0577 e. The van der Waals surface area contributed by atoms with Crippen LogP contribution in [0.1, 0.15) is 105 Å². The Morgan fingerprint density at radius 1 is 0.667 bits per heavy atom. The molecule has 0 bridgehead atoms. The summed E-state index contributed by atoms with van der Waals surface area (Å²) in [6.45, 7) is 11.1. The van der Waals surface area contributed by atoms with E-state index in [0.29, 0.717) is 12.2 Å². The van der Waals surface area contributed by atoms with Gasteiger partial charge in [0.1, 0.15) is 0 Å². The summed E-state index contributed by atoms with van der Waals surface area (Å²) in [6.07, 6.45) is 16.2. The molecule has 0 aromatic heterocycles. The van der Waals surface area contributed by atoms with Crippen LogP contribution in [0, 0.1) is 11.8 Å². The van der Waals surface area contributed by atoms with Crippen molar-refractivity contribution in [3.63, 3.8) is 0 Å². The van der Waals surface area contributed by atoms with Gasteiger partial charge < -0.3 is 9.47 Å². The molecule has 0 saturated heterocycles. The Labute approximate surface area is 152 Å². The van der Waals surface area contributed by atoms with Gasteiger partial charge in [-0.2, -0.15) is 0 Å². The predicted molar refractivity (Wildman–Crippen MR) is 105 cm³/mol. The third-order valence-corrected chi connectivity index (χ3v) is 5.84. The summed E-state index contributed by atoms with van der Waals surface area (Å²) in [5, 5.41) is 0. The minimum Gasteiger partial charge on any atom is -0.378 e. The largest absolute Gasteiger partial charge is 0.378 e. The van der Waals surface area contributed by atoms with Crippen LogP contribution in [0.5, 0.6) is 0 Å². The van der Waals surface area contributed by atoms with Crippen LogP contribution < -0.4 is 0 Å². The van der Waals surface area contributed by atoms with Crippen LogP contribution in [-0.4, -0.2) is 25.4 Å². The molecule has 2 atom stereocenters. The summed E-state index contributed by atoms with van der Waals surface area (Å²) in [4.78, 5) is 0. The van der Waals surface area contributed by atoms with E-state index in [1.54, 1.807) is 0 Å². The SMILES string of the molecule is CCCCC(CC)COC1CCC(OCC(CC)CCCC)CC1. The van der Waals surface area contributed by atoms with Gasteiger partial charge in [-0.15, -0.1) is 0 Å². The Kier molecular flexibility index (Phi) is 12.9. The molecule has 144 valence electrons. The lowest BCUT2D eigenvalue weighted by molar-refractivity contribution is -0.0487. The zero-order valence-electron chi connectivity index (χ0n) is 17.0. The van der Waals surface area contributed by atoms with Crippen LogP contribution in [0.25, 0.3) is 0 Å². The van der Waals surface area contributed by atoms with E-state index in [0.717, 1.165) is 25.0 Å². The van der Waals surface area contributed by atoms with Gasteiger partial charge in [-0.3, -0.25) is 0 Å². The first-order chi connectivity index (χ1) is 11.7. The first-order valence-electron chi connectivity index (χ1n) is 11.0. The minimum absolute atomic E-state index is 0.489. The fourth-order valence-corrected chi connectivity index (χ4v) is 3.71. The average molecular weight is 341 g/mol. The summed E-state index contributed by atoms with van der Waals surface area (Å²) in [7, 11) is 0. The number of ether oxygens (including phenoxy) is 2. The standard InChI is InChI=1S/C22H44O2/c1-5-9-11-19(7-3)17-23-21-13-15-22(16-14-21)24-18-20(8-4)12-10-6-2/h19-22H,5-18H2,1-4H3. The molecule has 1 aliphatic carbocycles. The van der Waals surface area contributed by atoms with Crippen molar-refractivity contribution in [1.29, 1.82) is 0 Å². The summed E-state index contributed by atoms with van der Waals surface area (Å²) in [6, 6.07) is 0. The van der Waals surface area contributed by atoms with Gasteiger partial charge in [-0.25, -0.2) is 0 Å². The van der Waals surface area contributed by atoms with Gasteiger partial charge in [0.25, 0.3) is 0 Å². The number of unbranched alkanes of at least 4 members (excludes halogenated alkanes) is 2. The normalized spacial score (nSPS) is 24.0. The van der Waals surface area contributed by atoms with Gasteiger partial charge in [0.2, 0.25) is 0 Å². The lowest BCUT2D eigenvalue weighted by Gasteiger charge is -2.30. The van der Waals surface area contributed by atoms with Crippen molar-refractivity contribution < 1.29 is 9.47 Å². The van der Waals surface area contributed by atoms with E-state index in [2.05, 4.69) is 27.7 Å². The maximum absolute atomic E-state index is 6.23. The molecule has 0 spiro atoms. The molecular weight excluding hydrogens is 296 g/mol. The van der Waals surface area contributed by atoms with Crippen molar-refractivity contribution in [2.24, 2.45) is 11.8 Å². The molecule has 24 heavy (non-hydrogen) atoms. The molecule has 0 aliphatic heterocycles. The van der Waals surface area contributed by atoms with E-state index in [4.69, 9.17) is 9.47 Å². The van der Waals surface area contributed by atoms with Gasteiger partial charge in [-0.05, 0) is 50.4 Å². The second kappa shape index (κ2) is 14.1. The molecule has 1 rings (SSSR count). The third-order valence-electron chi connectivity index (χ3n) is 5.84. The molecule has 1 aliphatic rings. The van der Waals surface area contributed by atoms with Gasteiger partial charge >= 0.3 is 0 Å². The van der Waals surface area contributed by atoms with Gasteiger partial charge in [0.05, 0.1) is 12.2 Å². The smallest absolute Gasteiger partial charge is 0.0577 e. The molecule has 0 N–H and O–H groups in total. The quantitative estimate of drug-likeness (QED) is 0.347. The first-order valence-corrected chi connectivity index (χ1v) is 11.0. The van der Waals surface area contributed by atoms with E-state index in [9.17, 15) is 0 Å². The molecule has 1 fully saturated rings. The van der Waals surface area contributed by atoms with E-state index in [1.165, 1.54) is 77.0 Å². The van der Waals surface area contributed by atoms with Gasteiger partial charge in [0.15, 0.2) is 0 Å². The Balaban J connectivity index is 2.14. The maximum atomic E-state index is 6.23. The highest BCUT2D eigenvalue weighted by molar-refractivity contribution is 4.74. The van der Waals surface area contributed by atoms with Crippen LogP contribution in [0.2, 0.25) is 0 Å². The molecule has 0 aromatic carbocycles. The first kappa shape index (κ1) is 22.0. The van der Waals surface area contributed by atoms with E-state index in [-0.39, 0.29) is 0 Å². The lowest BCUT2D eigenvalue weighted by Crippen LogP contribution is -2.29. The Morgan fingerprint density at radius 2 is 1.04 bits per heavy atom. The Morgan fingerprint density at radius 3 is 1.33 bits per heavy atom. The highest BCUT2D eigenvalue weighted by atomic mass is 16.5. The lowest BCUT2D eigenvalue weighted by atomic mass is 9.94. The topological polar surface area (TPSA) is 18.5 Å². The minimum atomic E-state index is 0.489. The van der Waals surface area contributed by atoms with Crippen molar-refractivity contribution in [3.8, 4) is 0 Å². The highest BCUT2D eigenvalue weighted by Crippen LogP contribution is 2.26. The fourth-order valence-electron chi connectivity index (χ4n) is 3.71. The van der Waals surface area contributed by atoms with Gasteiger partial charge in [-0.1, -0.05) is 66.2 Å². The van der Waals surface area contributed by atoms with E-state index in [1.807, 2.05) is 0 Å². The van der Waals surface area contributed by atoms with Crippen molar-refractivity contribution >= 4 is 0 Å². The molecule has 0 aromatic rings. The van der Waals surface area contributed by atoms with Crippen LogP contribution >= 0.6 is 0 Å². The zero-order chi connectivity index (χ0) is 17.6. The Hall–Kier alpha value is -0.0800. The summed E-state index contributed by atoms with van der Waals surface area (Å²) >= 11 is 0. The summed E-state index contributed by atoms with van der Waals surface area (Å²) in [5.74, 6) is 1.53. The Bertz CT molecular complexity index is 243. The monoisotopic (exact) mass is 340 g/mol. The van der Waals surface area contributed by atoms with Gasteiger partial charge in [0, 0.05) is 13.2 Å². The fraction of sp³-hybridized carbons (Fsp3) is 1.00. The number of hydrogen-bond acceptors (Lipinski definition) is 2. The second-order valence-corrected chi connectivity index (χ2v) is 7.90. The summed E-state index contributed by atoms with van der Waals surface area (Å²) < 4.78 is 12.5. The molecule has 0 radical (unpaired) electrons. The van der Waals surface area contributed by atoms with Crippen molar-refractivity contribution in [1.82, 2.24) is 0 Å². The molecule has 0 heterocycles.